The molecule has 5 nitrogen and oxygen atoms in total. The smallest absolute Gasteiger partial charge is 0.255 e. The summed E-state index contributed by atoms with van der Waals surface area (Å²) in [5.41, 5.74) is 8.09. The van der Waals surface area contributed by atoms with Gasteiger partial charge in [0.1, 0.15) is 0 Å². The van der Waals surface area contributed by atoms with Gasteiger partial charge in [0.2, 0.25) is 0 Å². The van der Waals surface area contributed by atoms with E-state index in [1.165, 1.54) is 18.0 Å². The van der Waals surface area contributed by atoms with Crippen molar-refractivity contribution >= 4 is 12.1 Å². The Morgan fingerprint density at radius 3 is 2.79 bits per heavy atom. The fourth-order valence-electron chi connectivity index (χ4n) is 2.60. The van der Waals surface area contributed by atoms with Crippen LogP contribution in [0.2, 0.25) is 0 Å². The van der Waals surface area contributed by atoms with E-state index in [0.29, 0.717) is 23.2 Å². The van der Waals surface area contributed by atoms with Crippen LogP contribution in [0.3, 0.4) is 0 Å². The maximum atomic E-state index is 12.3. The normalized spacial score (nSPS) is 21.1. The summed E-state index contributed by atoms with van der Waals surface area (Å²) in [5, 5.41) is 6.37. The quantitative estimate of drug-likeness (QED) is 0.702. The largest absolute Gasteiger partial charge is 0.403 e. The van der Waals surface area contributed by atoms with E-state index in [-0.39, 0.29) is 11.3 Å². The molecule has 1 aromatic carbocycles. The third kappa shape index (κ3) is 5.20. The Kier molecular flexibility index (Phi) is 5.78. The number of carbonyl (C=O) groups excluding carboxylic acids is 1. The van der Waals surface area contributed by atoms with Crippen molar-refractivity contribution in [3.8, 4) is 0 Å². The number of aliphatic imine (C=N–C) groups is 1. The number of hydrogen-bond acceptors (Lipinski definition) is 4. The lowest BCUT2D eigenvalue weighted by Gasteiger charge is -2.18. The summed E-state index contributed by atoms with van der Waals surface area (Å²) in [5.74, 6) is 0.315. The molecule has 4 N–H and O–H groups in total. The second kappa shape index (κ2) is 7.62. The highest BCUT2D eigenvalue weighted by atomic mass is 16.1. The minimum absolute atomic E-state index is 0.173. The van der Waals surface area contributed by atoms with Gasteiger partial charge >= 0.3 is 0 Å². The molecule has 5 heteroatoms. The van der Waals surface area contributed by atoms with Gasteiger partial charge in [-0.2, -0.15) is 0 Å². The van der Waals surface area contributed by atoms with E-state index in [2.05, 4.69) is 42.5 Å². The molecule has 0 bridgehead atoms. The van der Waals surface area contributed by atoms with Crippen LogP contribution < -0.4 is 16.4 Å². The van der Waals surface area contributed by atoms with Crippen molar-refractivity contribution in [2.24, 2.45) is 16.1 Å². The Bertz CT molecular complexity index is 643. The van der Waals surface area contributed by atoms with Gasteiger partial charge in [-0.15, -0.1) is 0 Å². The van der Waals surface area contributed by atoms with E-state index < -0.39 is 0 Å². The molecular weight excluding hydrogens is 300 g/mol. The molecule has 2 unspecified atom stereocenters. The van der Waals surface area contributed by atoms with Crippen LogP contribution in [0, 0.1) is 5.41 Å². The van der Waals surface area contributed by atoms with E-state index in [1.807, 2.05) is 18.2 Å². The van der Waals surface area contributed by atoms with E-state index in [1.54, 1.807) is 7.05 Å². The second-order valence-electron chi connectivity index (χ2n) is 7.48. The standard InChI is InChI=1S/C19H28N4O/c1-19(2,3)12-22-17-9-16(17)13-6-5-7-14(8-13)18(24)23-15(10-20)11-21-4/h5-8,10-11,16-17,22H,9,12,20H2,1-4H3,(H,23,24). The van der Waals surface area contributed by atoms with Gasteiger partial charge in [0.25, 0.3) is 5.91 Å². The van der Waals surface area contributed by atoms with Crippen LogP contribution in [0.4, 0.5) is 0 Å². The predicted molar refractivity (Wildman–Crippen MR) is 99.2 cm³/mol. The molecule has 0 radical (unpaired) electrons. The first-order chi connectivity index (χ1) is 11.3. The third-order valence-corrected chi connectivity index (χ3v) is 3.97. The number of amides is 1. The van der Waals surface area contributed by atoms with Crippen LogP contribution in [0.1, 0.15) is 49.0 Å². The molecular formula is C19H28N4O. The topological polar surface area (TPSA) is 79.5 Å². The van der Waals surface area contributed by atoms with Gasteiger partial charge in [0.15, 0.2) is 0 Å². The molecule has 0 heterocycles. The number of carbonyl (C=O) groups is 1. The summed E-state index contributed by atoms with van der Waals surface area (Å²) in [6.07, 6.45) is 3.98. The van der Waals surface area contributed by atoms with Crippen molar-refractivity contribution in [2.75, 3.05) is 13.6 Å². The molecule has 2 atom stereocenters. The fourth-order valence-corrected chi connectivity index (χ4v) is 2.60. The molecule has 130 valence electrons. The van der Waals surface area contributed by atoms with E-state index in [4.69, 9.17) is 5.73 Å². The summed E-state index contributed by atoms with van der Waals surface area (Å²) in [7, 11) is 1.63. The first-order valence-electron chi connectivity index (χ1n) is 8.33. The fraction of sp³-hybridized carbons (Fsp3) is 0.474. The molecule has 0 spiro atoms. The van der Waals surface area contributed by atoms with Gasteiger partial charge in [-0.25, -0.2) is 0 Å². The zero-order chi connectivity index (χ0) is 17.7. The Hall–Kier alpha value is -2.14. The van der Waals surface area contributed by atoms with Crippen molar-refractivity contribution in [1.29, 1.82) is 0 Å². The SMILES string of the molecule is CN=CC(=CN)NC(=O)c1cccc(C2CC2NCC(C)(C)C)c1. The average Bonchev–Trinajstić information content (AvgIpc) is 3.31. The number of nitrogens with one attached hydrogen (secondary N) is 2. The highest BCUT2D eigenvalue weighted by Gasteiger charge is 2.38. The van der Waals surface area contributed by atoms with Crippen molar-refractivity contribution in [1.82, 2.24) is 10.6 Å². The zero-order valence-electron chi connectivity index (χ0n) is 15.0. The monoisotopic (exact) mass is 328 g/mol. The van der Waals surface area contributed by atoms with Crippen LogP contribution >= 0.6 is 0 Å². The predicted octanol–water partition coefficient (Wildman–Crippen LogP) is 2.41. The second-order valence-corrected chi connectivity index (χ2v) is 7.48. The lowest BCUT2D eigenvalue weighted by atomic mass is 9.97. The molecule has 1 aromatic rings. The van der Waals surface area contributed by atoms with Gasteiger partial charge in [0.05, 0.1) is 5.70 Å². The highest BCUT2D eigenvalue weighted by molar-refractivity contribution is 5.98. The first kappa shape index (κ1) is 18.2. The van der Waals surface area contributed by atoms with Gasteiger partial charge in [-0.1, -0.05) is 32.9 Å². The number of nitrogens with zero attached hydrogens (tertiary/aromatic N) is 1. The lowest BCUT2D eigenvalue weighted by molar-refractivity contribution is 0.0968. The molecule has 0 saturated heterocycles. The Balaban J connectivity index is 1.99. The molecule has 1 saturated carbocycles. The summed E-state index contributed by atoms with van der Waals surface area (Å²) in [6, 6.07) is 8.32. The van der Waals surface area contributed by atoms with Gasteiger partial charge < -0.3 is 16.4 Å². The number of hydrogen-bond donors (Lipinski definition) is 3. The summed E-state index contributed by atoms with van der Waals surface area (Å²) in [6.45, 7) is 7.68. The Morgan fingerprint density at radius 1 is 1.42 bits per heavy atom. The van der Waals surface area contributed by atoms with Crippen LogP contribution in [-0.4, -0.2) is 31.8 Å². The molecule has 1 fully saturated rings. The van der Waals surface area contributed by atoms with E-state index >= 15 is 0 Å². The number of allylic oxidation sites excluding steroid dienone is 1. The summed E-state index contributed by atoms with van der Waals surface area (Å²) >= 11 is 0. The molecule has 1 aliphatic carbocycles. The van der Waals surface area contributed by atoms with Crippen molar-refractivity contribution < 1.29 is 4.79 Å². The number of benzene rings is 1. The molecule has 24 heavy (non-hydrogen) atoms. The van der Waals surface area contributed by atoms with Crippen LogP contribution in [-0.2, 0) is 0 Å². The average molecular weight is 328 g/mol. The van der Waals surface area contributed by atoms with Crippen LogP contribution in [0.25, 0.3) is 0 Å². The van der Waals surface area contributed by atoms with E-state index in [0.717, 1.165) is 13.0 Å². The number of rotatable bonds is 6. The summed E-state index contributed by atoms with van der Waals surface area (Å²) in [4.78, 5) is 16.2. The van der Waals surface area contributed by atoms with Crippen molar-refractivity contribution in [3.63, 3.8) is 0 Å². The lowest BCUT2D eigenvalue weighted by Crippen LogP contribution is -2.29. The summed E-state index contributed by atoms with van der Waals surface area (Å²) < 4.78 is 0. The first-order valence-corrected chi connectivity index (χ1v) is 8.33. The maximum absolute atomic E-state index is 12.3. The van der Waals surface area contributed by atoms with Gasteiger partial charge in [-0.05, 0) is 29.5 Å². The van der Waals surface area contributed by atoms with Crippen LogP contribution in [0.15, 0.2) is 41.2 Å². The minimum Gasteiger partial charge on any atom is -0.403 e. The van der Waals surface area contributed by atoms with Crippen LogP contribution in [0.5, 0.6) is 0 Å². The molecule has 0 aliphatic heterocycles. The van der Waals surface area contributed by atoms with Gasteiger partial charge in [-0.3, -0.25) is 9.79 Å². The molecule has 1 amide bonds. The number of nitrogens with two attached hydrogens (primary N) is 1. The maximum Gasteiger partial charge on any atom is 0.255 e. The molecule has 2 rings (SSSR count). The minimum atomic E-state index is -0.173. The highest BCUT2D eigenvalue weighted by Crippen LogP contribution is 2.41. The van der Waals surface area contributed by atoms with Crippen molar-refractivity contribution in [2.45, 2.75) is 39.2 Å². The zero-order valence-corrected chi connectivity index (χ0v) is 15.0. The van der Waals surface area contributed by atoms with Crippen molar-refractivity contribution in [3.05, 3.63) is 47.3 Å². The Morgan fingerprint density at radius 2 is 2.17 bits per heavy atom. The Labute approximate surface area is 144 Å². The molecule has 1 aliphatic rings. The van der Waals surface area contributed by atoms with Gasteiger partial charge in [0, 0.05) is 43.5 Å². The van der Waals surface area contributed by atoms with E-state index in [9.17, 15) is 4.79 Å². The third-order valence-electron chi connectivity index (χ3n) is 3.97. The molecule has 0 aromatic heterocycles.